The molecule has 0 bridgehead atoms. The molecule has 5 heteroatoms. The number of aromatic nitrogens is 2. The van der Waals surface area contributed by atoms with Gasteiger partial charge in [0.25, 0.3) is 0 Å². The van der Waals surface area contributed by atoms with Crippen LogP contribution in [0.3, 0.4) is 0 Å². The minimum Gasteiger partial charge on any atom is -0.394 e. The molecule has 0 radical (unpaired) electrons. The Morgan fingerprint density at radius 2 is 2.33 bits per heavy atom. The van der Waals surface area contributed by atoms with Crippen molar-refractivity contribution in [3.05, 3.63) is 5.69 Å². The minimum atomic E-state index is 0.0344. The Balaban J connectivity index is 2.05. The van der Waals surface area contributed by atoms with Gasteiger partial charge in [-0.3, -0.25) is 9.48 Å². The van der Waals surface area contributed by atoms with Gasteiger partial charge in [-0.15, -0.1) is 0 Å². The summed E-state index contributed by atoms with van der Waals surface area (Å²) in [5.41, 5.74) is 7.11. The highest BCUT2D eigenvalue weighted by Crippen LogP contribution is 2.32. The van der Waals surface area contributed by atoms with Crippen molar-refractivity contribution >= 4 is 17.4 Å². The molecule has 0 spiro atoms. The molecule has 1 aromatic heterocycles. The fourth-order valence-electron chi connectivity index (χ4n) is 1.59. The summed E-state index contributed by atoms with van der Waals surface area (Å²) in [7, 11) is 1.77. The predicted octanol–water partition coefficient (Wildman–Crippen LogP) is 1.05. The maximum Gasteiger partial charge on any atom is 0.225 e. The van der Waals surface area contributed by atoms with Crippen LogP contribution >= 0.6 is 0 Å². The fraction of sp³-hybridized carbons (Fsp3) is 0.600. The van der Waals surface area contributed by atoms with Gasteiger partial charge >= 0.3 is 0 Å². The summed E-state index contributed by atoms with van der Waals surface area (Å²) < 4.78 is 1.61. The zero-order valence-electron chi connectivity index (χ0n) is 9.08. The Morgan fingerprint density at radius 1 is 1.67 bits per heavy atom. The van der Waals surface area contributed by atoms with Gasteiger partial charge in [0.05, 0.1) is 11.4 Å². The summed E-state index contributed by atoms with van der Waals surface area (Å²) in [6, 6.07) is 0. The van der Waals surface area contributed by atoms with Crippen molar-refractivity contribution in [1.29, 1.82) is 0 Å². The predicted molar refractivity (Wildman–Crippen MR) is 58.3 cm³/mol. The largest absolute Gasteiger partial charge is 0.394 e. The lowest BCUT2D eigenvalue weighted by atomic mass is 10.3. The van der Waals surface area contributed by atoms with Gasteiger partial charge in [-0.05, 0) is 25.7 Å². The van der Waals surface area contributed by atoms with Crippen molar-refractivity contribution in [1.82, 2.24) is 9.78 Å². The molecule has 0 aliphatic heterocycles. The third-order valence-electron chi connectivity index (χ3n) is 2.70. The van der Waals surface area contributed by atoms with Crippen molar-refractivity contribution in [3.63, 3.8) is 0 Å². The summed E-state index contributed by atoms with van der Waals surface area (Å²) in [5.74, 6) is 1.23. The number of aryl methyl sites for hydroxylation is 2. The number of nitrogens with one attached hydrogen (secondary N) is 1. The highest BCUT2D eigenvalue weighted by atomic mass is 16.1. The maximum atomic E-state index is 11.6. The highest BCUT2D eigenvalue weighted by molar-refractivity contribution is 5.93. The number of hydrogen-bond donors (Lipinski definition) is 2. The molecule has 1 aliphatic rings. The first-order valence-electron chi connectivity index (χ1n) is 5.17. The zero-order valence-corrected chi connectivity index (χ0v) is 9.08. The second kappa shape index (κ2) is 3.56. The van der Waals surface area contributed by atoms with Crippen LogP contribution in [0.2, 0.25) is 0 Å². The number of anilines is 2. The van der Waals surface area contributed by atoms with Crippen LogP contribution in [0.4, 0.5) is 11.5 Å². The Hall–Kier alpha value is -1.52. The van der Waals surface area contributed by atoms with Crippen molar-refractivity contribution in [2.75, 3.05) is 11.1 Å². The first kappa shape index (κ1) is 10.0. The van der Waals surface area contributed by atoms with Gasteiger partial charge in [-0.1, -0.05) is 0 Å². The van der Waals surface area contributed by atoms with E-state index in [-0.39, 0.29) is 5.91 Å². The Kier molecular flexibility index (Phi) is 2.38. The smallest absolute Gasteiger partial charge is 0.225 e. The SMILES string of the molecule is Cc1nn(C)c(NC(=O)CC2CC2)c1N. The average molecular weight is 208 g/mol. The molecular formula is C10H16N4O. The third-order valence-corrected chi connectivity index (χ3v) is 2.70. The molecule has 5 nitrogen and oxygen atoms in total. The summed E-state index contributed by atoms with van der Waals surface area (Å²) in [6.45, 7) is 1.83. The van der Waals surface area contributed by atoms with E-state index in [1.54, 1.807) is 11.7 Å². The summed E-state index contributed by atoms with van der Waals surface area (Å²) in [6.07, 6.45) is 2.95. The maximum absolute atomic E-state index is 11.6. The summed E-state index contributed by atoms with van der Waals surface area (Å²) in [4.78, 5) is 11.6. The number of rotatable bonds is 3. The van der Waals surface area contributed by atoms with E-state index in [2.05, 4.69) is 10.4 Å². The van der Waals surface area contributed by atoms with E-state index in [0.717, 1.165) is 5.69 Å². The van der Waals surface area contributed by atoms with Crippen LogP contribution in [0.5, 0.6) is 0 Å². The minimum absolute atomic E-state index is 0.0344. The fourth-order valence-corrected chi connectivity index (χ4v) is 1.59. The molecule has 3 N–H and O–H groups in total. The van der Waals surface area contributed by atoms with Gasteiger partial charge < -0.3 is 11.1 Å². The van der Waals surface area contributed by atoms with E-state index in [0.29, 0.717) is 23.8 Å². The van der Waals surface area contributed by atoms with Crippen LogP contribution < -0.4 is 11.1 Å². The van der Waals surface area contributed by atoms with Crippen LogP contribution in [-0.2, 0) is 11.8 Å². The number of amides is 1. The van der Waals surface area contributed by atoms with Crippen LogP contribution in [0.15, 0.2) is 0 Å². The van der Waals surface area contributed by atoms with Crippen LogP contribution in [0.1, 0.15) is 25.0 Å². The van der Waals surface area contributed by atoms with Gasteiger partial charge in [0.2, 0.25) is 5.91 Å². The van der Waals surface area contributed by atoms with E-state index in [4.69, 9.17) is 5.73 Å². The summed E-state index contributed by atoms with van der Waals surface area (Å²) in [5, 5.41) is 6.94. The van der Waals surface area contributed by atoms with E-state index in [1.807, 2.05) is 6.92 Å². The quantitative estimate of drug-likeness (QED) is 0.779. The first-order valence-corrected chi connectivity index (χ1v) is 5.17. The molecule has 15 heavy (non-hydrogen) atoms. The normalized spacial score (nSPS) is 15.3. The molecule has 1 aromatic rings. The second-order valence-electron chi connectivity index (χ2n) is 4.17. The lowest BCUT2D eigenvalue weighted by Crippen LogP contribution is -2.15. The monoisotopic (exact) mass is 208 g/mol. The molecule has 1 heterocycles. The topological polar surface area (TPSA) is 72.9 Å². The standard InChI is InChI=1S/C10H16N4O/c1-6-9(11)10(14(2)13-6)12-8(15)5-7-3-4-7/h7H,3-5,11H2,1-2H3,(H,12,15). The Bertz CT molecular complexity index is 392. The number of nitrogen functional groups attached to an aromatic ring is 1. The molecule has 82 valence electrons. The molecule has 1 saturated carbocycles. The third kappa shape index (κ3) is 2.11. The molecular weight excluding hydrogens is 192 g/mol. The van der Waals surface area contributed by atoms with Gasteiger partial charge in [0, 0.05) is 13.5 Å². The first-order chi connectivity index (χ1) is 7.08. The lowest BCUT2D eigenvalue weighted by Gasteiger charge is -2.05. The molecule has 1 amide bonds. The summed E-state index contributed by atoms with van der Waals surface area (Å²) >= 11 is 0. The number of carbonyl (C=O) groups excluding carboxylic acids is 1. The molecule has 1 fully saturated rings. The van der Waals surface area contributed by atoms with Crippen molar-refractivity contribution in [3.8, 4) is 0 Å². The molecule has 0 atom stereocenters. The number of nitrogens with two attached hydrogens (primary N) is 1. The lowest BCUT2D eigenvalue weighted by molar-refractivity contribution is -0.116. The molecule has 0 aromatic carbocycles. The van der Waals surface area contributed by atoms with E-state index in [1.165, 1.54) is 12.8 Å². The van der Waals surface area contributed by atoms with Crippen molar-refractivity contribution < 1.29 is 4.79 Å². The van der Waals surface area contributed by atoms with Crippen LogP contribution in [-0.4, -0.2) is 15.7 Å². The number of nitrogens with zero attached hydrogens (tertiary/aromatic N) is 2. The highest BCUT2D eigenvalue weighted by Gasteiger charge is 2.25. The van der Waals surface area contributed by atoms with Gasteiger partial charge in [0.15, 0.2) is 5.82 Å². The molecule has 2 rings (SSSR count). The average Bonchev–Trinajstić information content (AvgIpc) is 2.92. The van der Waals surface area contributed by atoms with Gasteiger partial charge in [0.1, 0.15) is 0 Å². The molecule has 1 aliphatic carbocycles. The Labute approximate surface area is 88.6 Å². The van der Waals surface area contributed by atoms with Gasteiger partial charge in [-0.25, -0.2) is 0 Å². The van der Waals surface area contributed by atoms with Crippen LogP contribution in [0.25, 0.3) is 0 Å². The van der Waals surface area contributed by atoms with E-state index < -0.39 is 0 Å². The van der Waals surface area contributed by atoms with E-state index >= 15 is 0 Å². The second-order valence-corrected chi connectivity index (χ2v) is 4.17. The van der Waals surface area contributed by atoms with Gasteiger partial charge in [-0.2, -0.15) is 5.10 Å². The van der Waals surface area contributed by atoms with Crippen molar-refractivity contribution in [2.45, 2.75) is 26.2 Å². The van der Waals surface area contributed by atoms with Crippen LogP contribution in [0, 0.1) is 12.8 Å². The number of carbonyl (C=O) groups is 1. The Morgan fingerprint density at radius 3 is 2.80 bits per heavy atom. The molecule has 0 unspecified atom stereocenters. The van der Waals surface area contributed by atoms with E-state index in [9.17, 15) is 4.79 Å². The van der Waals surface area contributed by atoms with Crippen molar-refractivity contribution in [2.24, 2.45) is 13.0 Å². The molecule has 0 saturated heterocycles. The zero-order chi connectivity index (χ0) is 11.0. The number of hydrogen-bond acceptors (Lipinski definition) is 3.